The molecular weight excluding hydrogens is 383 g/mol. The van der Waals surface area contributed by atoms with Crippen LogP contribution >= 0.6 is 0 Å². The monoisotopic (exact) mass is 416 g/mol. The van der Waals surface area contributed by atoms with Crippen LogP contribution in [-0.2, 0) is 24.9 Å². The first kappa shape index (κ1) is 21.2. The van der Waals surface area contributed by atoms with E-state index >= 15 is 0 Å². The van der Waals surface area contributed by atoms with Gasteiger partial charge in [-0.25, -0.2) is 13.9 Å². The molecule has 6 nitrogen and oxygen atoms in total. The highest BCUT2D eigenvalue weighted by molar-refractivity contribution is 5.24. The SMILES string of the molecule is Cc1ccccc1COC1(C)CC2CCC(C1)N2C[C@@H](F)Cn1nc(C)n(C)c1=O. The molecule has 164 valence electrons. The maximum absolute atomic E-state index is 14.9. The summed E-state index contributed by atoms with van der Waals surface area (Å²) in [6.45, 7) is 7.06. The topological polar surface area (TPSA) is 52.3 Å². The van der Waals surface area contributed by atoms with E-state index in [0.717, 1.165) is 25.7 Å². The highest BCUT2D eigenvalue weighted by Gasteiger charge is 2.47. The number of hydrogen-bond donors (Lipinski definition) is 0. The Bertz CT molecular complexity index is 939. The van der Waals surface area contributed by atoms with Gasteiger partial charge in [-0.05, 0) is 57.6 Å². The van der Waals surface area contributed by atoms with E-state index in [0.29, 0.717) is 31.1 Å². The van der Waals surface area contributed by atoms with Crippen molar-refractivity contribution in [2.75, 3.05) is 6.54 Å². The van der Waals surface area contributed by atoms with E-state index in [9.17, 15) is 9.18 Å². The van der Waals surface area contributed by atoms with E-state index in [1.165, 1.54) is 20.4 Å². The second-order valence-corrected chi connectivity index (χ2v) is 9.32. The van der Waals surface area contributed by atoms with Gasteiger partial charge in [0, 0.05) is 25.7 Å². The highest BCUT2D eigenvalue weighted by Crippen LogP contribution is 2.43. The summed E-state index contributed by atoms with van der Waals surface area (Å²) in [7, 11) is 1.66. The van der Waals surface area contributed by atoms with E-state index in [-0.39, 0.29) is 17.8 Å². The van der Waals surface area contributed by atoms with E-state index in [1.807, 2.05) is 6.07 Å². The minimum absolute atomic E-state index is 0.0114. The van der Waals surface area contributed by atoms with Gasteiger partial charge in [-0.15, -0.1) is 0 Å². The van der Waals surface area contributed by atoms with Crippen molar-refractivity contribution in [2.45, 2.75) is 83.5 Å². The zero-order valence-corrected chi connectivity index (χ0v) is 18.5. The van der Waals surface area contributed by atoms with Crippen molar-refractivity contribution in [2.24, 2.45) is 7.05 Å². The van der Waals surface area contributed by atoms with Crippen LogP contribution in [0.1, 0.15) is 49.6 Å². The average Bonchev–Trinajstić information content (AvgIpc) is 3.08. The van der Waals surface area contributed by atoms with Gasteiger partial charge in [0.25, 0.3) is 0 Å². The minimum Gasteiger partial charge on any atom is -0.370 e. The lowest BCUT2D eigenvalue weighted by molar-refractivity contribution is -0.103. The van der Waals surface area contributed by atoms with Crippen LogP contribution in [0.15, 0.2) is 29.1 Å². The van der Waals surface area contributed by atoms with E-state index < -0.39 is 6.17 Å². The molecule has 3 atom stereocenters. The fourth-order valence-electron chi connectivity index (χ4n) is 5.16. The van der Waals surface area contributed by atoms with Gasteiger partial charge in [-0.3, -0.25) is 9.47 Å². The van der Waals surface area contributed by atoms with Crippen LogP contribution < -0.4 is 5.69 Å². The third kappa shape index (κ3) is 4.23. The largest absolute Gasteiger partial charge is 0.370 e. The Morgan fingerprint density at radius 2 is 1.87 bits per heavy atom. The second kappa shape index (κ2) is 8.27. The quantitative estimate of drug-likeness (QED) is 0.696. The molecule has 2 saturated heterocycles. The Hall–Kier alpha value is -1.99. The number of benzene rings is 1. The first-order valence-corrected chi connectivity index (χ1v) is 10.9. The van der Waals surface area contributed by atoms with Gasteiger partial charge in [0.2, 0.25) is 0 Å². The Labute approximate surface area is 177 Å². The fourth-order valence-corrected chi connectivity index (χ4v) is 5.16. The van der Waals surface area contributed by atoms with Crippen LogP contribution in [0.3, 0.4) is 0 Å². The molecule has 2 fully saturated rings. The molecule has 2 aromatic rings. The molecule has 0 aliphatic carbocycles. The van der Waals surface area contributed by atoms with Crippen molar-refractivity contribution >= 4 is 0 Å². The number of piperidine rings is 1. The summed E-state index contributed by atoms with van der Waals surface area (Å²) in [5.74, 6) is 0.604. The second-order valence-electron chi connectivity index (χ2n) is 9.32. The van der Waals surface area contributed by atoms with Gasteiger partial charge in [-0.2, -0.15) is 5.10 Å². The van der Waals surface area contributed by atoms with Gasteiger partial charge >= 0.3 is 5.69 Å². The lowest BCUT2D eigenvalue weighted by Gasteiger charge is -2.45. The highest BCUT2D eigenvalue weighted by atomic mass is 19.1. The molecule has 7 heteroatoms. The van der Waals surface area contributed by atoms with Crippen molar-refractivity contribution in [3.63, 3.8) is 0 Å². The summed E-state index contributed by atoms with van der Waals surface area (Å²) in [4.78, 5) is 14.4. The lowest BCUT2D eigenvalue weighted by Crippen LogP contribution is -2.52. The maximum atomic E-state index is 14.9. The number of ether oxygens (including phenoxy) is 1. The molecule has 4 rings (SSSR count). The molecule has 0 amide bonds. The number of rotatable bonds is 7. The Morgan fingerprint density at radius 3 is 2.47 bits per heavy atom. The zero-order chi connectivity index (χ0) is 21.5. The molecule has 3 heterocycles. The molecule has 2 unspecified atom stereocenters. The Morgan fingerprint density at radius 1 is 1.20 bits per heavy atom. The molecule has 2 aliphatic heterocycles. The summed E-state index contributed by atoms with van der Waals surface area (Å²) in [5, 5.41) is 4.17. The zero-order valence-electron chi connectivity index (χ0n) is 18.5. The van der Waals surface area contributed by atoms with Crippen LogP contribution in [0.2, 0.25) is 0 Å². The van der Waals surface area contributed by atoms with Crippen LogP contribution in [0.4, 0.5) is 4.39 Å². The van der Waals surface area contributed by atoms with E-state index in [1.54, 1.807) is 14.0 Å². The molecule has 2 aliphatic rings. The van der Waals surface area contributed by atoms with Gasteiger partial charge in [0.1, 0.15) is 12.0 Å². The van der Waals surface area contributed by atoms with Crippen LogP contribution in [0.25, 0.3) is 0 Å². The van der Waals surface area contributed by atoms with Crippen LogP contribution in [-0.4, -0.2) is 49.6 Å². The first-order chi connectivity index (χ1) is 14.3. The number of aryl methyl sites for hydroxylation is 2. The van der Waals surface area contributed by atoms with Crippen molar-refractivity contribution in [1.82, 2.24) is 19.2 Å². The first-order valence-electron chi connectivity index (χ1n) is 10.9. The molecule has 0 spiro atoms. The molecule has 1 aromatic carbocycles. The molecule has 0 saturated carbocycles. The molecule has 1 aromatic heterocycles. The predicted octanol–water partition coefficient (Wildman–Crippen LogP) is 3.14. The summed E-state index contributed by atoms with van der Waals surface area (Å²) in [5.41, 5.74) is 2.05. The third-order valence-corrected chi connectivity index (χ3v) is 6.98. The molecule has 0 N–H and O–H groups in total. The lowest BCUT2D eigenvalue weighted by atomic mass is 9.87. The summed E-state index contributed by atoms with van der Waals surface area (Å²) in [6.07, 6.45) is 2.90. The predicted molar refractivity (Wildman–Crippen MR) is 114 cm³/mol. The van der Waals surface area contributed by atoms with Gasteiger partial charge in [0.05, 0.1) is 18.8 Å². The molecular formula is C23H33FN4O2. The van der Waals surface area contributed by atoms with Crippen molar-refractivity contribution in [1.29, 1.82) is 0 Å². The number of hydrogen-bond acceptors (Lipinski definition) is 4. The van der Waals surface area contributed by atoms with Crippen LogP contribution in [0.5, 0.6) is 0 Å². The van der Waals surface area contributed by atoms with Crippen molar-refractivity contribution < 1.29 is 9.13 Å². The number of nitrogens with zero attached hydrogens (tertiary/aromatic N) is 4. The van der Waals surface area contributed by atoms with Crippen molar-refractivity contribution in [3.8, 4) is 0 Å². The fraction of sp³-hybridized carbons (Fsp3) is 0.652. The Kier molecular flexibility index (Phi) is 5.86. The molecule has 0 radical (unpaired) electrons. The number of fused-ring (bicyclic) bond motifs is 2. The third-order valence-electron chi connectivity index (χ3n) is 6.98. The maximum Gasteiger partial charge on any atom is 0.345 e. The number of alkyl halides is 1. The normalized spacial score (nSPS) is 27.5. The van der Waals surface area contributed by atoms with Gasteiger partial charge < -0.3 is 4.74 Å². The molecule has 30 heavy (non-hydrogen) atoms. The van der Waals surface area contributed by atoms with E-state index in [4.69, 9.17) is 4.74 Å². The van der Waals surface area contributed by atoms with Crippen LogP contribution in [0, 0.1) is 13.8 Å². The standard InChI is InChI=1S/C23H33FN4O2/c1-16-7-5-6-8-18(16)15-30-23(3)11-20-9-10-21(12-23)27(20)13-19(24)14-28-22(29)26(4)17(2)25-28/h5-8,19-21H,9-15H2,1-4H3/t19-,20?,21?,23?/m1/s1. The smallest absolute Gasteiger partial charge is 0.345 e. The van der Waals surface area contributed by atoms with Crippen molar-refractivity contribution in [3.05, 3.63) is 51.7 Å². The Balaban J connectivity index is 1.36. The van der Waals surface area contributed by atoms with E-state index in [2.05, 4.69) is 42.0 Å². The summed E-state index contributed by atoms with van der Waals surface area (Å²) in [6, 6.07) is 9.01. The number of halogens is 1. The average molecular weight is 417 g/mol. The molecule has 2 bridgehead atoms. The summed E-state index contributed by atoms with van der Waals surface area (Å²) < 4.78 is 24.0. The van der Waals surface area contributed by atoms with Gasteiger partial charge in [0.15, 0.2) is 0 Å². The summed E-state index contributed by atoms with van der Waals surface area (Å²) >= 11 is 0. The minimum atomic E-state index is -1.11. The van der Waals surface area contributed by atoms with Gasteiger partial charge in [-0.1, -0.05) is 24.3 Å². The number of aromatic nitrogens is 3.